The third kappa shape index (κ3) is 15.6. The number of methoxy groups -OCH3 is 1. The van der Waals surface area contributed by atoms with E-state index in [0.29, 0.717) is 67.4 Å². The van der Waals surface area contributed by atoms with E-state index in [1.54, 1.807) is 18.2 Å². The van der Waals surface area contributed by atoms with E-state index in [9.17, 15) is 44.3 Å². The first kappa shape index (κ1) is 56.2. The Morgan fingerprint density at radius 1 is 0.952 bits per heavy atom. The number of aliphatic carboxylic acids is 1. The molecule has 0 saturated heterocycles. The molecule has 4 N–H and O–H groups in total. The number of nitrogens with zero attached hydrogens (tertiary/aromatic N) is 2. The summed E-state index contributed by atoms with van der Waals surface area (Å²) >= 11 is 0. The summed E-state index contributed by atoms with van der Waals surface area (Å²) in [5.74, 6) is -0.651. The van der Waals surface area contributed by atoms with Gasteiger partial charge in [0.05, 0.1) is 29.1 Å². The fourth-order valence-corrected chi connectivity index (χ4v) is 10.1. The molecule has 0 saturated carbocycles. The number of nitrogens with one attached hydrogen (secondary N) is 1. The number of allylic oxidation sites excluding steroid dienone is 3. The fraction of sp³-hybridized carbons (Fsp3) is 0.524. The quantitative estimate of drug-likeness (QED) is 0.0440. The SMILES string of the molecule is CC[N+](CCCS(=O)(=O)O)=c1ccc2c(C(C)(C)C)cc(/C=C/C=C3/N(CCCCCC(=O)O)c4cccc(S(=O)(=O)NCCOC)c4C3(C)CCCS(=O)(=O)O)oc-2c1.[Na+].[Na+]. The number of hydrogen-bond acceptors (Lipinski definition) is 10. The average molecular weight is 941 g/mol. The Balaban J connectivity index is 0.00000661. The number of carboxylic acids is 1. The van der Waals surface area contributed by atoms with Crippen LogP contribution in [0.4, 0.5) is 5.69 Å². The van der Waals surface area contributed by atoms with Gasteiger partial charge in [-0.25, -0.2) is 17.7 Å². The van der Waals surface area contributed by atoms with Crippen LogP contribution in [-0.2, 0) is 50.6 Å². The van der Waals surface area contributed by atoms with Crippen LogP contribution in [0.1, 0.15) is 96.5 Å². The molecule has 4 rings (SSSR count). The van der Waals surface area contributed by atoms with Crippen molar-refractivity contribution in [3.63, 3.8) is 0 Å². The van der Waals surface area contributed by atoms with Gasteiger partial charge >= 0.3 is 65.1 Å². The topological polar surface area (TPSA) is 221 Å². The van der Waals surface area contributed by atoms with Gasteiger partial charge in [-0.15, -0.1) is 0 Å². The van der Waals surface area contributed by atoms with Gasteiger partial charge in [0, 0.05) is 67.0 Å². The van der Waals surface area contributed by atoms with Crippen molar-refractivity contribution in [3.8, 4) is 11.3 Å². The van der Waals surface area contributed by atoms with Crippen LogP contribution in [0.15, 0.2) is 69.6 Å². The van der Waals surface area contributed by atoms with Crippen LogP contribution < -0.4 is 78.7 Å². The van der Waals surface area contributed by atoms with Crippen LogP contribution in [0.3, 0.4) is 0 Å². The van der Waals surface area contributed by atoms with Gasteiger partial charge < -0.3 is 19.2 Å². The second-order valence-corrected chi connectivity index (χ2v) is 21.1. The number of carbonyl (C=O) groups is 1. The van der Waals surface area contributed by atoms with Gasteiger partial charge in [0.1, 0.15) is 24.6 Å². The van der Waals surface area contributed by atoms with Crippen LogP contribution in [0.5, 0.6) is 0 Å². The number of unbranched alkanes of at least 4 members (excludes halogenated alkanes) is 2. The molecule has 15 nitrogen and oxygen atoms in total. The van der Waals surface area contributed by atoms with E-state index in [4.69, 9.17) is 9.15 Å². The molecule has 3 aliphatic rings. The molecule has 0 amide bonds. The van der Waals surface area contributed by atoms with Crippen molar-refractivity contribution in [2.75, 3.05) is 56.3 Å². The first-order valence-corrected chi connectivity index (χ1v) is 24.8. The van der Waals surface area contributed by atoms with Crippen LogP contribution in [0, 0.1) is 0 Å². The molecule has 1 atom stereocenters. The molecule has 2 heterocycles. The minimum Gasteiger partial charge on any atom is -0.481 e. The zero-order valence-electron chi connectivity index (χ0n) is 37.3. The Morgan fingerprint density at radius 3 is 2.24 bits per heavy atom. The minimum atomic E-state index is -4.33. The first-order chi connectivity index (χ1) is 28.0. The fourth-order valence-electron chi connectivity index (χ4n) is 7.77. The van der Waals surface area contributed by atoms with Crippen molar-refractivity contribution in [2.24, 2.45) is 0 Å². The summed E-state index contributed by atoms with van der Waals surface area (Å²) in [6.07, 6.45) is 7.55. The molecule has 0 bridgehead atoms. The monoisotopic (exact) mass is 940 g/mol. The number of sulfonamides is 1. The van der Waals surface area contributed by atoms with Gasteiger partial charge in [0.25, 0.3) is 20.2 Å². The van der Waals surface area contributed by atoms with E-state index >= 15 is 0 Å². The molecule has 2 aliphatic heterocycles. The molecule has 0 fully saturated rings. The van der Waals surface area contributed by atoms with Gasteiger partial charge in [-0.05, 0) is 86.9 Å². The van der Waals surface area contributed by atoms with Crippen molar-refractivity contribution in [3.05, 3.63) is 82.6 Å². The van der Waals surface area contributed by atoms with E-state index < -0.39 is 47.4 Å². The zero-order chi connectivity index (χ0) is 44.5. The van der Waals surface area contributed by atoms with Crippen molar-refractivity contribution >= 4 is 48.0 Å². The molecular weight excluding hydrogens is 881 g/mol. The van der Waals surface area contributed by atoms with Gasteiger partial charge in [-0.3, -0.25) is 13.9 Å². The second kappa shape index (κ2) is 24.0. The van der Waals surface area contributed by atoms with E-state index in [2.05, 4.69) is 25.5 Å². The zero-order valence-corrected chi connectivity index (χ0v) is 43.8. The number of ether oxygens (including phenoxy) is 1. The molecule has 20 heteroatoms. The number of fused-ring (bicyclic) bond motifs is 2. The predicted octanol–water partition coefficient (Wildman–Crippen LogP) is -0.327. The van der Waals surface area contributed by atoms with Crippen molar-refractivity contribution in [1.82, 2.24) is 9.30 Å². The third-order valence-electron chi connectivity index (χ3n) is 10.6. The Kier molecular flexibility index (Phi) is 21.8. The number of benzene rings is 2. The summed E-state index contributed by atoms with van der Waals surface area (Å²) in [6, 6.07) is 12.8. The molecule has 0 aromatic heterocycles. The Labute approximate surface area is 411 Å². The van der Waals surface area contributed by atoms with Crippen LogP contribution in [-0.4, -0.2) is 96.8 Å². The van der Waals surface area contributed by atoms with Crippen molar-refractivity contribution < 1.29 is 113 Å². The molecule has 0 radical (unpaired) electrons. The normalized spacial score (nSPS) is 17.0. The maximum absolute atomic E-state index is 13.9. The smallest absolute Gasteiger partial charge is 0.481 e. The molecular formula is C42H60N3Na2O12S3+3. The van der Waals surface area contributed by atoms with Gasteiger partial charge in [0.15, 0.2) is 0 Å². The summed E-state index contributed by atoms with van der Waals surface area (Å²) in [6.45, 7) is 11.7. The second-order valence-electron chi connectivity index (χ2n) is 16.2. The molecule has 1 aromatic carbocycles. The van der Waals surface area contributed by atoms with E-state index in [0.717, 1.165) is 16.5 Å². The molecule has 1 aliphatic carbocycles. The summed E-state index contributed by atoms with van der Waals surface area (Å²) in [5.41, 5.74) is 2.33. The summed E-state index contributed by atoms with van der Waals surface area (Å²) < 4.78 is 109. The average Bonchev–Trinajstić information content (AvgIpc) is 3.37. The molecule has 1 unspecified atom stereocenters. The minimum absolute atomic E-state index is 0. The molecule has 0 spiro atoms. The standard InChI is InChI=1S/C42H59N3O12S3.2Na/c1-7-44(24-14-28-59(51,52)53)31-20-21-33-34(41(2,3)4)30-32(57-36(33)29-31)15-11-18-38-42(5,22-13-27-58(48,49)50)40-35(45(38)25-10-8-9-19-39(46)47)16-12-17-37(40)60(54,55)43-23-26-56-6;;/h11-12,15-18,20-21,29-30,43H,7-10,13-14,19,22-28H2,1-6H3,(H2-,46,47,48,49,50,51,52,53);;/q;2*+1/p+1. The van der Waals surface area contributed by atoms with Gasteiger partial charge in [-0.2, -0.15) is 16.8 Å². The Bertz CT molecular complexity index is 2450. The summed E-state index contributed by atoms with van der Waals surface area (Å²) in [7, 11) is -11.0. The maximum atomic E-state index is 13.9. The number of rotatable bonds is 22. The Hall–Kier alpha value is -1.91. The third-order valence-corrected chi connectivity index (χ3v) is 13.7. The first-order valence-electron chi connectivity index (χ1n) is 20.1. The van der Waals surface area contributed by atoms with Crippen molar-refractivity contribution in [2.45, 2.75) is 95.3 Å². The number of carboxylic acid groups (broad SMARTS) is 1. The van der Waals surface area contributed by atoms with Crippen LogP contribution >= 0.6 is 0 Å². The number of anilines is 1. The molecule has 1 aromatic rings. The number of hydrogen-bond donors (Lipinski definition) is 4. The maximum Gasteiger partial charge on any atom is 1.00 e. The molecule has 62 heavy (non-hydrogen) atoms. The molecule has 332 valence electrons. The van der Waals surface area contributed by atoms with Crippen LogP contribution in [0.25, 0.3) is 17.4 Å². The van der Waals surface area contributed by atoms with Gasteiger partial charge in [-0.1, -0.05) is 39.3 Å². The van der Waals surface area contributed by atoms with E-state index in [1.807, 2.05) is 59.7 Å². The summed E-state index contributed by atoms with van der Waals surface area (Å²) in [4.78, 5) is 13.3. The Morgan fingerprint density at radius 2 is 1.63 bits per heavy atom. The van der Waals surface area contributed by atoms with Crippen LogP contribution in [0.2, 0.25) is 0 Å². The largest absolute Gasteiger partial charge is 1.00 e. The van der Waals surface area contributed by atoms with E-state index in [-0.39, 0.29) is 114 Å². The van der Waals surface area contributed by atoms with E-state index in [1.165, 1.54) is 13.2 Å². The van der Waals surface area contributed by atoms with Gasteiger partial charge in [0.2, 0.25) is 15.4 Å². The van der Waals surface area contributed by atoms with Crippen molar-refractivity contribution in [1.29, 1.82) is 0 Å². The summed E-state index contributed by atoms with van der Waals surface area (Å²) in [5, 5.41) is 10.0. The predicted molar refractivity (Wildman–Crippen MR) is 233 cm³/mol.